The van der Waals surface area contributed by atoms with E-state index in [-0.39, 0.29) is 0 Å². The Kier molecular flexibility index (Phi) is 5.06. The molecule has 0 amide bonds. The molecule has 1 fully saturated rings. The minimum absolute atomic E-state index is 0.558. The average molecular weight is 276 g/mol. The quantitative estimate of drug-likeness (QED) is 0.812. The summed E-state index contributed by atoms with van der Waals surface area (Å²) in [6, 6.07) is 6.64. The monoisotopic (exact) mass is 276 g/mol. The lowest BCUT2D eigenvalue weighted by Crippen LogP contribution is -2.46. The molecule has 112 valence electrons. The van der Waals surface area contributed by atoms with E-state index in [1.165, 1.54) is 16.8 Å². The van der Waals surface area contributed by atoms with Crippen molar-refractivity contribution in [2.24, 2.45) is 0 Å². The number of aryl methyl sites for hydroxylation is 1. The van der Waals surface area contributed by atoms with E-state index in [1.807, 2.05) is 6.92 Å². The van der Waals surface area contributed by atoms with Gasteiger partial charge in [-0.15, -0.1) is 0 Å². The number of nitrogens with one attached hydrogen (secondary N) is 1. The summed E-state index contributed by atoms with van der Waals surface area (Å²) in [6.07, 6.45) is 3.11. The third-order valence-electron chi connectivity index (χ3n) is 3.99. The molecule has 1 saturated heterocycles. The first kappa shape index (κ1) is 15.3. The van der Waals surface area contributed by atoms with Gasteiger partial charge in [0.1, 0.15) is 0 Å². The van der Waals surface area contributed by atoms with Crippen LogP contribution in [0.5, 0.6) is 0 Å². The maximum atomic E-state index is 10.3. The largest absolute Gasteiger partial charge is 0.388 e. The smallest absolute Gasteiger partial charge is 0.0794 e. The molecule has 1 atom stereocenters. The Morgan fingerprint density at radius 1 is 1.40 bits per heavy atom. The van der Waals surface area contributed by atoms with Gasteiger partial charge in [0.05, 0.1) is 5.60 Å². The minimum Gasteiger partial charge on any atom is -0.388 e. The fraction of sp³-hybridized carbons (Fsp3) is 0.647. The van der Waals surface area contributed by atoms with Crippen LogP contribution < -0.4 is 10.2 Å². The molecule has 3 heteroatoms. The van der Waals surface area contributed by atoms with Crippen molar-refractivity contribution in [1.82, 2.24) is 5.32 Å². The molecule has 0 aromatic heterocycles. The first-order valence-electron chi connectivity index (χ1n) is 7.79. The molecule has 0 spiro atoms. The number of piperidine rings is 1. The predicted molar refractivity (Wildman–Crippen MR) is 85.2 cm³/mol. The van der Waals surface area contributed by atoms with Crippen molar-refractivity contribution in [3.8, 4) is 0 Å². The van der Waals surface area contributed by atoms with E-state index in [9.17, 15) is 5.11 Å². The van der Waals surface area contributed by atoms with Crippen LogP contribution in [0.15, 0.2) is 18.2 Å². The van der Waals surface area contributed by atoms with Crippen molar-refractivity contribution in [3.63, 3.8) is 0 Å². The lowest BCUT2D eigenvalue weighted by atomic mass is 9.94. The molecule has 2 N–H and O–H groups in total. The summed E-state index contributed by atoms with van der Waals surface area (Å²) >= 11 is 0. The van der Waals surface area contributed by atoms with E-state index < -0.39 is 5.60 Å². The zero-order chi connectivity index (χ0) is 14.6. The number of hydrogen-bond donors (Lipinski definition) is 2. The second-order valence-electron chi connectivity index (χ2n) is 6.33. The molecule has 0 radical (unpaired) electrons. The number of nitrogens with zero attached hydrogens (tertiary/aromatic N) is 1. The van der Waals surface area contributed by atoms with E-state index in [0.717, 1.165) is 45.4 Å². The number of benzene rings is 1. The zero-order valence-electron chi connectivity index (χ0n) is 13.1. The molecule has 1 aromatic rings. The number of aliphatic hydroxyl groups is 1. The molecular weight excluding hydrogens is 248 g/mol. The molecular formula is C17H28N2O. The van der Waals surface area contributed by atoms with Gasteiger partial charge in [-0.1, -0.05) is 24.6 Å². The molecule has 1 heterocycles. The highest BCUT2D eigenvalue weighted by Crippen LogP contribution is 2.29. The van der Waals surface area contributed by atoms with Crippen LogP contribution in [-0.2, 0) is 6.54 Å². The number of hydrogen-bond acceptors (Lipinski definition) is 3. The molecule has 3 nitrogen and oxygen atoms in total. The van der Waals surface area contributed by atoms with Crippen molar-refractivity contribution >= 4 is 5.69 Å². The summed E-state index contributed by atoms with van der Waals surface area (Å²) < 4.78 is 0. The lowest BCUT2D eigenvalue weighted by Gasteiger charge is -2.39. The molecule has 20 heavy (non-hydrogen) atoms. The normalized spacial score (nSPS) is 23.1. The highest BCUT2D eigenvalue weighted by molar-refractivity contribution is 5.55. The van der Waals surface area contributed by atoms with E-state index in [0.29, 0.717) is 0 Å². The Bertz CT molecular complexity index is 443. The van der Waals surface area contributed by atoms with Gasteiger partial charge in [0.2, 0.25) is 0 Å². The molecule has 1 unspecified atom stereocenters. The number of β-amino-alcohol motifs (C(OH)–C–C–N with tert-alkyl or cyclic N) is 1. The van der Waals surface area contributed by atoms with Crippen LogP contribution in [0.3, 0.4) is 0 Å². The number of rotatable bonds is 5. The van der Waals surface area contributed by atoms with E-state index in [2.05, 4.69) is 42.3 Å². The average Bonchev–Trinajstić information content (AvgIpc) is 2.38. The molecule has 2 rings (SSSR count). The second kappa shape index (κ2) is 6.59. The van der Waals surface area contributed by atoms with Crippen molar-refractivity contribution in [2.75, 3.05) is 24.5 Å². The maximum Gasteiger partial charge on any atom is 0.0794 e. The van der Waals surface area contributed by atoms with Gasteiger partial charge in [-0.25, -0.2) is 0 Å². The molecule has 1 aliphatic heterocycles. The second-order valence-corrected chi connectivity index (χ2v) is 6.33. The summed E-state index contributed by atoms with van der Waals surface area (Å²) in [5.41, 5.74) is 3.36. The minimum atomic E-state index is -0.558. The van der Waals surface area contributed by atoms with E-state index >= 15 is 0 Å². The molecule has 0 saturated carbocycles. The summed E-state index contributed by atoms with van der Waals surface area (Å²) in [7, 11) is 0. The van der Waals surface area contributed by atoms with Crippen molar-refractivity contribution in [1.29, 1.82) is 0 Å². The van der Waals surface area contributed by atoms with Crippen LogP contribution in [0.25, 0.3) is 0 Å². The molecule has 0 bridgehead atoms. The van der Waals surface area contributed by atoms with Gasteiger partial charge in [0, 0.05) is 25.3 Å². The highest BCUT2D eigenvalue weighted by atomic mass is 16.3. The van der Waals surface area contributed by atoms with E-state index in [4.69, 9.17) is 0 Å². The summed E-state index contributed by atoms with van der Waals surface area (Å²) in [6.45, 7) is 10.00. The summed E-state index contributed by atoms with van der Waals surface area (Å²) in [4.78, 5) is 2.34. The summed E-state index contributed by atoms with van der Waals surface area (Å²) in [5, 5.41) is 13.8. The van der Waals surface area contributed by atoms with Gasteiger partial charge in [-0.3, -0.25) is 0 Å². The SMILES string of the molecule is CCCNCc1cc(C)ccc1N1CCCC(C)(O)C1. The Morgan fingerprint density at radius 2 is 2.20 bits per heavy atom. The van der Waals surface area contributed by atoms with Crippen molar-refractivity contribution < 1.29 is 5.11 Å². The fourth-order valence-corrected chi connectivity index (χ4v) is 2.99. The third-order valence-corrected chi connectivity index (χ3v) is 3.99. The molecule has 1 aliphatic rings. The first-order chi connectivity index (χ1) is 9.52. The van der Waals surface area contributed by atoms with Gasteiger partial charge in [0.15, 0.2) is 0 Å². The Labute approximate surface area is 123 Å². The lowest BCUT2D eigenvalue weighted by molar-refractivity contribution is 0.0449. The van der Waals surface area contributed by atoms with E-state index in [1.54, 1.807) is 0 Å². The van der Waals surface area contributed by atoms with Crippen LogP contribution >= 0.6 is 0 Å². The fourth-order valence-electron chi connectivity index (χ4n) is 2.99. The molecule has 1 aromatic carbocycles. The Hall–Kier alpha value is -1.06. The van der Waals surface area contributed by atoms with Crippen LogP contribution in [0.4, 0.5) is 5.69 Å². The van der Waals surface area contributed by atoms with Crippen LogP contribution in [0.2, 0.25) is 0 Å². The predicted octanol–water partition coefficient (Wildman–Crippen LogP) is 2.85. The topological polar surface area (TPSA) is 35.5 Å². The van der Waals surface area contributed by atoms with Gasteiger partial charge in [0.25, 0.3) is 0 Å². The van der Waals surface area contributed by atoms with Gasteiger partial charge >= 0.3 is 0 Å². The molecule has 0 aliphatic carbocycles. The van der Waals surface area contributed by atoms with Gasteiger partial charge in [-0.2, -0.15) is 0 Å². The Morgan fingerprint density at radius 3 is 2.90 bits per heavy atom. The van der Waals surface area contributed by atoms with Crippen molar-refractivity contribution in [3.05, 3.63) is 29.3 Å². The third kappa shape index (κ3) is 3.97. The van der Waals surface area contributed by atoms with Crippen LogP contribution in [0, 0.1) is 6.92 Å². The Balaban J connectivity index is 2.17. The first-order valence-corrected chi connectivity index (χ1v) is 7.79. The van der Waals surface area contributed by atoms with Crippen LogP contribution in [0.1, 0.15) is 44.2 Å². The maximum absolute atomic E-state index is 10.3. The van der Waals surface area contributed by atoms with Gasteiger partial charge in [-0.05, 0) is 51.3 Å². The summed E-state index contributed by atoms with van der Waals surface area (Å²) in [5.74, 6) is 0. The van der Waals surface area contributed by atoms with Crippen LogP contribution in [-0.4, -0.2) is 30.3 Å². The zero-order valence-corrected chi connectivity index (χ0v) is 13.1. The standard InChI is InChI=1S/C17H28N2O/c1-4-9-18-12-15-11-14(2)6-7-16(15)19-10-5-8-17(3,20)13-19/h6-7,11,18,20H,4-5,8-10,12-13H2,1-3H3. The highest BCUT2D eigenvalue weighted by Gasteiger charge is 2.29. The number of anilines is 1. The van der Waals surface area contributed by atoms with Gasteiger partial charge < -0.3 is 15.3 Å². The van der Waals surface area contributed by atoms with Crippen molar-refractivity contribution in [2.45, 2.75) is 52.2 Å².